The Hall–Kier alpha value is -1.75. The Labute approximate surface area is 99.0 Å². The van der Waals surface area contributed by atoms with Crippen molar-refractivity contribution in [1.82, 2.24) is 5.32 Å². The molecule has 1 atom stereocenters. The van der Waals surface area contributed by atoms with Crippen LogP contribution < -0.4 is 10.1 Å². The molecule has 0 bridgehead atoms. The third-order valence-electron chi connectivity index (χ3n) is 2.76. The van der Waals surface area contributed by atoms with Crippen LogP contribution in [0.1, 0.15) is 24.4 Å². The maximum atomic E-state index is 11.2. The Kier molecular flexibility index (Phi) is 3.19. The van der Waals surface area contributed by atoms with E-state index in [1.807, 2.05) is 0 Å². The third-order valence-corrected chi connectivity index (χ3v) is 2.76. The lowest BCUT2D eigenvalue weighted by Gasteiger charge is -2.15. The molecular weight excluding hydrogens is 222 g/mol. The van der Waals surface area contributed by atoms with Gasteiger partial charge in [0, 0.05) is 6.04 Å². The van der Waals surface area contributed by atoms with Crippen LogP contribution in [-0.4, -0.2) is 29.3 Å². The number of methoxy groups -OCH3 is 1. The molecule has 0 radical (unpaired) electrons. The fourth-order valence-corrected chi connectivity index (χ4v) is 1.67. The van der Waals surface area contributed by atoms with E-state index in [0.29, 0.717) is 5.56 Å². The summed E-state index contributed by atoms with van der Waals surface area (Å²) in [4.78, 5) is 11.2. The predicted molar refractivity (Wildman–Crippen MR) is 61.2 cm³/mol. The van der Waals surface area contributed by atoms with E-state index < -0.39 is 12.0 Å². The molecule has 92 valence electrons. The quantitative estimate of drug-likeness (QED) is 0.719. The van der Waals surface area contributed by atoms with Gasteiger partial charge < -0.3 is 14.9 Å². The average Bonchev–Trinajstić information content (AvgIpc) is 3.10. The Bertz CT molecular complexity index is 429. The minimum Gasteiger partial charge on any atom is -0.504 e. The van der Waals surface area contributed by atoms with Crippen molar-refractivity contribution >= 4 is 5.97 Å². The molecule has 1 unspecified atom stereocenters. The zero-order chi connectivity index (χ0) is 12.4. The first-order chi connectivity index (χ1) is 8.11. The van der Waals surface area contributed by atoms with Crippen LogP contribution in [0.2, 0.25) is 0 Å². The van der Waals surface area contributed by atoms with Crippen LogP contribution in [0.15, 0.2) is 18.2 Å². The molecule has 1 fully saturated rings. The molecule has 3 N–H and O–H groups in total. The second kappa shape index (κ2) is 4.63. The maximum Gasteiger partial charge on any atom is 0.325 e. The van der Waals surface area contributed by atoms with Crippen molar-refractivity contribution in [1.29, 1.82) is 0 Å². The number of ether oxygens (including phenoxy) is 1. The summed E-state index contributed by atoms with van der Waals surface area (Å²) in [7, 11) is 1.43. The summed E-state index contributed by atoms with van der Waals surface area (Å²) in [5.74, 6) is -0.636. The van der Waals surface area contributed by atoms with Crippen LogP contribution in [0.25, 0.3) is 0 Å². The predicted octanol–water partition coefficient (Wildman–Crippen LogP) is 1.28. The van der Waals surface area contributed by atoms with Crippen molar-refractivity contribution in [2.45, 2.75) is 24.9 Å². The van der Waals surface area contributed by atoms with E-state index in [-0.39, 0.29) is 17.5 Å². The Balaban J connectivity index is 2.24. The lowest BCUT2D eigenvalue weighted by Crippen LogP contribution is -2.30. The summed E-state index contributed by atoms with van der Waals surface area (Å²) in [5, 5.41) is 21.7. The minimum atomic E-state index is -0.926. The summed E-state index contributed by atoms with van der Waals surface area (Å²) in [5.41, 5.74) is 0.582. The van der Waals surface area contributed by atoms with Gasteiger partial charge in [-0.05, 0) is 30.5 Å². The number of aromatic hydroxyl groups is 1. The minimum absolute atomic E-state index is 0.00631. The Morgan fingerprint density at radius 1 is 1.53 bits per heavy atom. The Morgan fingerprint density at radius 2 is 2.24 bits per heavy atom. The number of nitrogens with one attached hydrogen (secondary N) is 1. The normalized spacial score (nSPS) is 16.5. The number of hydrogen-bond donors (Lipinski definition) is 3. The number of benzene rings is 1. The standard InChI is InChI=1S/C12H15NO4/c1-17-10-6-7(2-5-9(10)14)11(12(15)16)13-8-3-4-8/h2,5-6,8,11,13-14H,3-4H2,1H3,(H,15,16). The van der Waals surface area contributed by atoms with Gasteiger partial charge in [0.1, 0.15) is 6.04 Å². The van der Waals surface area contributed by atoms with Crippen molar-refractivity contribution in [2.75, 3.05) is 7.11 Å². The molecule has 0 spiro atoms. The maximum absolute atomic E-state index is 11.2. The topological polar surface area (TPSA) is 78.8 Å². The highest BCUT2D eigenvalue weighted by Gasteiger charge is 2.29. The monoisotopic (exact) mass is 237 g/mol. The van der Waals surface area contributed by atoms with Gasteiger partial charge in [-0.25, -0.2) is 0 Å². The van der Waals surface area contributed by atoms with Gasteiger partial charge in [-0.1, -0.05) is 6.07 Å². The smallest absolute Gasteiger partial charge is 0.325 e. The van der Waals surface area contributed by atoms with E-state index in [4.69, 9.17) is 4.74 Å². The molecule has 0 amide bonds. The van der Waals surface area contributed by atoms with Crippen molar-refractivity contribution < 1.29 is 19.7 Å². The fraction of sp³-hybridized carbons (Fsp3) is 0.417. The highest BCUT2D eigenvalue weighted by Crippen LogP contribution is 2.31. The van der Waals surface area contributed by atoms with Crippen molar-refractivity contribution in [2.24, 2.45) is 0 Å². The summed E-state index contributed by atoms with van der Waals surface area (Å²) in [6, 6.07) is 4.11. The molecule has 0 heterocycles. The molecule has 0 aliphatic heterocycles. The second-order valence-electron chi connectivity index (χ2n) is 4.14. The molecule has 1 aliphatic rings. The van der Waals surface area contributed by atoms with Gasteiger partial charge in [-0.15, -0.1) is 0 Å². The lowest BCUT2D eigenvalue weighted by molar-refractivity contribution is -0.139. The van der Waals surface area contributed by atoms with Gasteiger partial charge in [-0.2, -0.15) is 0 Å². The molecule has 0 saturated heterocycles. The van der Waals surface area contributed by atoms with Gasteiger partial charge in [0.05, 0.1) is 7.11 Å². The van der Waals surface area contributed by atoms with Crippen LogP contribution >= 0.6 is 0 Å². The fourth-order valence-electron chi connectivity index (χ4n) is 1.67. The van der Waals surface area contributed by atoms with E-state index in [2.05, 4.69) is 5.32 Å². The highest BCUT2D eigenvalue weighted by atomic mass is 16.5. The summed E-state index contributed by atoms with van der Waals surface area (Å²) in [6.07, 6.45) is 2.03. The van der Waals surface area contributed by atoms with Gasteiger partial charge in [0.15, 0.2) is 11.5 Å². The summed E-state index contributed by atoms with van der Waals surface area (Å²) >= 11 is 0. The van der Waals surface area contributed by atoms with Crippen LogP contribution in [0, 0.1) is 0 Å². The van der Waals surface area contributed by atoms with E-state index in [0.717, 1.165) is 12.8 Å². The second-order valence-corrected chi connectivity index (χ2v) is 4.14. The first-order valence-electron chi connectivity index (χ1n) is 5.47. The third kappa shape index (κ3) is 2.68. The number of rotatable bonds is 5. The highest BCUT2D eigenvalue weighted by molar-refractivity contribution is 5.76. The van der Waals surface area contributed by atoms with Crippen LogP contribution in [0.4, 0.5) is 0 Å². The average molecular weight is 237 g/mol. The summed E-state index contributed by atoms with van der Waals surface area (Å²) in [6.45, 7) is 0. The van der Waals surface area contributed by atoms with E-state index in [1.165, 1.54) is 13.2 Å². The molecule has 17 heavy (non-hydrogen) atoms. The summed E-state index contributed by atoms with van der Waals surface area (Å²) < 4.78 is 4.97. The molecule has 1 aromatic rings. The lowest BCUT2D eigenvalue weighted by atomic mass is 10.1. The first-order valence-corrected chi connectivity index (χ1v) is 5.47. The first kappa shape index (κ1) is 11.7. The van der Waals surface area contributed by atoms with Crippen molar-refractivity contribution in [3.63, 3.8) is 0 Å². The molecule has 2 rings (SSSR count). The zero-order valence-electron chi connectivity index (χ0n) is 9.51. The van der Waals surface area contributed by atoms with Gasteiger partial charge in [0.2, 0.25) is 0 Å². The van der Waals surface area contributed by atoms with Crippen molar-refractivity contribution in [3.8, 4) is 11.5 Å². The molecule has 1 aromatic carbocycles. The van der Waals surface area contributed by atoms with E-state index in [9.17, 15) is 15.0 Å². The number of aliphatic carboxylic acids is 1. The van der Waals surface area contributed by atoms with Gasteiger partial charge in [0.25, 0.3) is 0 Å². The van der Waals surface area contributed by atoms with Crippen LogP contribution in [-0.2, 0) is 4.79 Å². The zero-order valence-corrected chi connectivity index (χ0v) is 9.51. The number of hydrogen-bond acceptors (Lipinski definition) is 4. The SMILES string of the molecule is COc1cc(C(NC2CC2)C(=O)O)ccc1O. The molecule has 1 aliphatic carbocycles. The van der Waals surface area contributed by atoms with E-state index in [1.54, 1.807) is 12.1 Å². The number of phenolic OH excluding ortho intramolecular Hbond substituents is 1. The number of phenols is 1. The van der Waals surface area contributed by atoms with Crippen LogP contribution in [0.5, 0.6) is 11.5 Å². The van der Waals surface area contributed by atoms with Crippen molar-refractivity contribution in [3.05, 3.63) is 23.8 Å². The van der Waals surface area contributed by atoms with Gasteiger partial charge >= 0.3 is 5.97 Å². The number of carbonyl (C=O) groups is 1. The number of carboxylic acids is 1. The molecule has 1 saturated carbocycles. The number of carboxylic acid groups (broad SMARTS) is 1. The van der Waals surface area contributed by atoms with E-state index >= 15 is 0 Å². The molecule has 5 heteroatoms. The largest absolute Gasteiger partial charge is 0.504 e. The Morgan fingerprint density at radius 3 is 2.76 bits per heavy atom. The molecular formula is C12H15NO4. The van der Waals surface area contributed by atoms with Crippen LogP contribution in [0.3, 0.4) is 0 Å². The molecule has 5 nitrogen and oxygen atoms in total. The van der Waals surface area contributed by atoms with Gasteiger partial charge in [-0.3, -0.25) is 10.1 Å². The molecule has 0 aromatic heterocycles.